The lowest BCUT2D eigenvalue weighted by Crippen LogP contribution is -2.38. The highest BCUT2D eigenvalue weighted by Crippen LogP contribution is 2.22. The first-order chi connectivity index (χ1) is 8.15. The first-order valence-electron chi connectivity index (χ1n) is 6.35. The maximum Gasteiger partial charge on any atom is 0.0406 e. The molecule has 0 bridgehead atoms. The molecular formula is C14H21ClN2. The molecule has 2 nitrogen and oxygen atoms in total. The third-order valence-corrected chi connectivity index (χ3v) is 3.96. The van der Waals surface area contributed by atoms with Crippen LogP contribution in [0.1, 0.15) is 31.2 Å². The molecule has 1 saturated carbocycles. The minimum atomic E-state index is 0.426. The number of rotatable bonds is 3. The average molecular weight is 253 g/mol. The second kappa shape index (κ2) is 5.85. The van der Waals surface area contributed by atoms with Crippen LogP contribution in [0.15, 0.2) is 24.3 Å². The van der Waals surface area contributed by atoms with E-state index in [9.17, 15) is 0 Å². The highest BCUT2D eigenvalue weighted by Gasteiger charge is 2.21. The summed E-state index contributed by atoms with van der Waals surface area (Å²) in [5, 5.41) is 0.806. The van der Waals surface area contributed by atoms with Crippen LogP contribution in [-0.2, 0) is 6.54 Å². The molecule has 0 spiro atoms. The maximum atomic E-state index is 5.93. The summed E-state index contributed by atoms with van der Waals surface area (Å²) in [5.41, 5.74) is 7.26. The van der Waals surface area contributed by atoms with Crippen molar-refractivity contribution in [3.05, 3.63) is 34.9 Å². The van der Waals surface area contributed by atoms with Gasteiger partial charge in [-0.15, -0.1) is 0 Å². The van der Waals surface area contributed by atoms with Crippen LogP contribution in [0.25, 0.3) is 0 Å². The molecule has 0 saturated heterocycles. The van der Waals surface area contributed by atoms with Crippen LogP contribution >= 0.6 is 11.6 Å². The predicted molar refractivity (Wildman–Crippen MR) is 73.2 cm³/mol. The lowest BCUT2D eigenvalue weighted by atomic mass is 9.91. The van der Waals surface area contributed by atoms with Crippen LogP contribution in [0, 0.1) is 0 Å². The molecule has 2 rings (SSSR count). The van der Waals surface area contributed by atoms with Gasteiger partial charge < -0.3 is 5.73 Å². The van der Waals surface area contributed by atoms with Gasteiger partial charge in [-0.1, -0.05) is 23.7 Å². The van der Waals surface area contributed by atoms with Crippen LogP contribution in [0.5, 0.6) is 0 Å². The van der Waals surface area contributed by atoms with Crippen molar-refractivity contribution in [3.8, 4) is 0 Å². The third kappa shape index (κ3) is 3.70. The normalized spacial score (nSPS) is 25.2. The summed E-state index contributed by atoms with van der Waals surface area (Å²) in [6.07, 6.45) is 4.78. The van der Waals surface area contributed by atoms with E-state index in [4.69, 9.17) is 17.3 Å². The summed E-state index contributed by atoms with van der Waals surface area (Å²) in [7, 11) is 2.20. The highest BCUT2D eigenvalue weighted by molar-refractivity contribution is 6.30. The smallest absolute Gasteiger partial charge is 0.0406 e. The SMILES string of the molecule is CN(Cc1ccc(Cl)cc1)C1CCC(N)CC1. The fourth-order valence-corrected chi connectivity index (χ4v) is 2.68. The molecule has 0 unspecified atom stereocenters. The summed E-state index contributed by atoms with van der Waals surface area (Å²) in [4.78, 5) is 2.44. The molecule has 0 aromatic heterocycles. The van der Waals surface area contributed by atoms with E-state index in [-0.39, 0.29) is 0 Å². The molecule has 0 radical (unpaired) electrons. The van der Waals surface area contributed by atoms with Gasteiger partial charge in [0.05, 0.1) is 0 Å². The highest BCUT2D eigenvalue weighted by atomic mass is 35.5. The Kier molecular flexibility index (Phi) is 4.43. The summed E-state index contributed by atoms with van der Waals surface area (Å²) in [5.74, 6) is 0. The van der Waals surface area contributed by atoms with Crippen molar-refractivity contribution in [2.45, 2.75) is 44.3 Å². The van der Waals surface area contributed by atoms with Gasteiger partial charge in [-0.2, -0.15) is 0 Å². The van der Waals surface area contributed by atoms with E-state index in [2.05, 4.69) is 24.1 Å². The largest absolute Gasteiger partial charge is 0.328 e. The zero-order valence-corrected chi connectivity index (χ0v) is 11.2. The predicted octanol–water partition coefficient (Wildman–Crippen LogP) is 3.04. The topological polar surface area (TPSA) is 29.3 Å². The van der Waals surface area contributed by atoms with Gasteiger partial charge in [0.2, 0.25) is 0 Å². The van der Waals surface area contributed by atoms with E-state index in [0.29, 0.717) is 12.1 Å². The van der Waals surface area contributed by atoms with E-state index in [1.165, 1.54) is 18.4 Å². The van der Waals surface area contributed by atoms with Gasteiger partial charge >= 0.3 is 0 Å². The molecule has 3 heteroatoms. The Morgan fingerprint density at radius 3 is 2.35 bits per heavy atom. The van der Waals surface area contributed by atoms with Crippen molar-refractivity contribution in [2.75, 3.05) is 7.05 Å². The standard InChI is InChI=1S/C14H21ClN2/c1-17(14-8-6-13(16)7-9-14)10-11-2-4-12(15)5-3-11/h2-5,13-14H,6-10,16H2,1H3. The Bertz CT molecular complexity index is 342. The Morgan fingerprint density at radius 2 is 1.76 bits per heavy atom. The Labute approximate surface area is 109 Å². The Hall–Kier alpha value is -0.570. The molecule has 0 amide bonds. The van der Waals surface area contributed by atoms with Crippen molar-refractivity contribution in [3.63, 3.8) is 0 Å². The number of benzene rings is 1. The van der Waals surface area contributed by atoms with Gasteiger partial charge in [-0.05, 0) is 50.4 Å². The number of hydrogen-bond donors (Lipinski definition) is 1. The minimum absolute atomic E-state index is 0.426. The van der Waals surface area contributed by atoms with E-state index in [1.54, 1.807) is 0 Å². The monoisotopic (exact) mass is 252 g/mol. The minimum Gasteiger partial charge on any atom is -0.328 e. The molecule has 1 aliphatic carbocycles. The summed E-state index contributed by atoms with van der Waals surface area (Å²) in [6.45, 7) is 0.997. The van der Waals surface area contributed by atoms with Gasteiger partial charge in [0.1, 0.15) is 0 Å². The van der Waals surface area contributed by atoms with Crippen LogP contribution in [0.3, 0.4) is 0 Å². The van der Waals surface area contributed by atoms with Gasteiger partial charge in [0.15, 0.2) is 0 Å². The fourth-order valence-electron chi connectivity index (χ4n) is 2.55. The molecule has 17 heavy (non-hydrogen) atoms. The van der Waals surface area contributed by atoms with Gasteiger partial charge in [0, 0.05) is 23.7 Å². The summed E-state index contributed by atoms with van der Waals surface area (Å²) in [6, 6.07) is 9.24. The van der Waals surface area contributed by atoms with Gasteiger partial charge in [-0.3, -0.25) is 4.90 Å². The molecule has 1 fully saturated rings. The fraction of sp³-hybridized carbons (Fsp3) is 0.571. The van der Waals surface area contributed by atoms with E-state index in [1.807, 2.05) is 12.1 Å². The van der Waals surface area contributed by atoms with Crippen molar-refractivity contribution in [1.29, 1.82) is 0 Å². The third-order valence-electron chi connectivity index (χ3n) is 3.71. The zero-order chi connectivity index (χ0) is 12.3. The summed E-state index contributed by atoms with van der Waals surface area (Å²) >= 11 is 5.89. The molecule has 2 N–H and O–H groups in total. The van der Waals surface area contributed by atoms with Crippen LogP contribution < -0.4 is 5.73 Å². The molecule has 1 aliphatic rings. The van der Waals surface area contributed by atoms with Crippen LogP contribution in [-0.4, -0.2) is 24.0 Å². The molecule has 1 aromatic carbocycles. The van der Waals surface area contributed by atoms with Crippen molar-refractivity contribution < 1.29 is 0 Å². The Balaban J connectivity index is 1.88. The number of hydrogen-bond acceptors (Lipinski definition) is 2. The second-order valence-electron chi connectivity index (χ2n) is 5.11. The number of nitrogens with zero attached hydrogens (tertiary/aromatic N) is 1. The van der Waals surface area contributed by atoms with Gasteiger partial charge in [0.25, 0.3) is 0 Å². The average Bonchev–Trinajstić information content (AvgIpc) is 2.33. The number of nitrogens with two attached hydrogens (primary N) is 1. The van der Waals surface area contributed by atoms with Crippen LogP contribution in [0.2, 0.25) is 5.02 Å². The second-order valence-corrected chi connectivity index (χ2v) is 5.55. The molecule has 0 aliphatic heterocycles. The molecular weight excluding hydrogens is 232 g/mol. The summed E-state index contributed by atoms with van der Waals surface area (Å²) < 4.78 is 0. The van der Waals surface area contributed by atoms with Crippen LogP contribution in [0.4, 0.5) is 0 Å². The first kappa shape index (κ1) is 12.9. The van der Waals surface area contributed by atoms with Crippen molar-refractivity contribution >= 4 is 11.6 Å². The molecule has 0 heterocycles. The van der Waals surface area contributed by atoms with E-state index < -0.39 is 0 Å². The van der Waals surface area contributed by atoms with E-state index >= 15 is 0 Å². The van der Waals surface area contributed by atoms with Crippen molar-refractivity contribution in [1.82, 2.24) is 4.90 Å². The molecule has 0 atom stereocenters. The lowest BCUT2D eigenvalue weighted by Gasteiger charge is -2.33. The zero-order valence-electron chi connectivity index (χ0n) is 10.4. The quantitative estimate of drug-likeness (QED) is 0.896. The first-order valence-corrected chi connectivity index (χ1v) is 6.73. The maximum absolute atomic E-state index is 5.93. The molecule has 94 valence electrons. The van der Waals surface area contributed by atoms with Gasteiger partial charge in [-0.25, -0.2) is 0 Å². The Morgan fingerprint density at radius 1 is 1.18 bits per heavy atom. The number of halogens is 1. The van der Waals surface area contributed by atoms with Crippen molar-refractivity contribution in [2.24, 2.45) is 5.73 Å². The lowest BCUT2D eigenvalue weighted by molar-refractivity contribution is 0.176. The van der Waals surface area contributed by atoms with E-state index in [0.717, 1.165) is 24.4 Å². The molecule has 1 aromatic rings.